The molecule has 1 aromatic carbocycles. The van der Waals surface area contributed by atoms with E-state index in [1.54, 1.807) is 6.07 Å². The van der Waals surface area contributed by atoms with E-state index in [-0.39, 0.29) is 5.92 Å². The number of piperidine rings is 1. The van der Waals surface area contributed by atoms with Crippen LogP contribution >= 0.6 is 0 Å². The molecule has 1 unspecified atom stereocenters. The van der Waals surface area contributed by atoms with E-state index < -0.39 is 11.7 Å². The number of likely N-dealkylation sites (tertiary alicyclic amines) is 1. The lowest BCUT2D eigenvalue weighted by Crippen LogP contribution is -2.31. The van der Waals surface area contributed by atoms with Crippen molar-refractivity contribution in [3.63, 3.8) is 0 Å². The number of nitrogens with one attached hydrogen (secondary N) is 1. The molecule has 23 heavy (non-hydrogen) atoms. The van der Waals surface area contributed by atoms with Crippen LogP contribution in [0.1, 0.15) is 42.7 Å². The predicted octanol–water partition coefficient (Wildman–Crippen LogP) is 4.13. The minimum absolute atomic E-state index is 0.193. The maximum Gasteiger partial charge on any atom is 0.416 e. The molecule has 0 bridgehead atoms. The molecule has 1 heterocycles. The van der Waals surface area contributed by atoms with Crippen molar-refractivity contribution >= 4 is 0 Å². The van der Waals surface area contributed by atoms with Crippen LogP contribution in [0.3, 0.4) is 0 Å². The van der Waals surface area contributed by atoms with Gasteiger partial charge in [0.05, 0.1) is 5.56 Å². The molecule has 0 aliphatic carbocycles. The molecule has 2 nitrogen and oxygen atoms in total. The van der Waals surface area contributed by atoms with Gasteiger partial charge in [0.25, 0.3) is 0 Å². The average Bonchev–Trinajstić information content (AvgIpc) is 2.52. The van der Waals surface area contributed by atoms with Crippen LogP contribution in [0.5, 0.6) is 0 Å². The van der Waals surface area contributed by atoms with Crippen LogP contribution in [0, 0.1) is 5.92 Å². The van der Waals surface area contributed by atoms with Gasteiger partial charge in [0.1, 0.15) is 0 Å². The lowest BCUT2D eigenvalue weighted by Gasteiger charge is -2.31. The van der Waals surface area contributed by atoms with Crippen LogP contribution in [-0.4, -0.2) is 38.6 Å². The summed E-state index contributed by atoms with van der Waals surface area (Å²) < 4.78 is 38.9. The third-order valence-electron chi connectivity index (χ3n) is 4.88. The number of nitrogens with zero attached hydrogens (tertiary/aromatic N) is 1. The summed E-state index contributed by atoms with van der Waals surface area (Å²) >= 11 is 0. The molecular weight excluding hydrogens is 301 g/mol. The molecule has 0 aromatic heterocycles. The monoisotopic (exact) mass is 328 g/mol. The summed E-state index contributed by atoms with van der Waals surface area (Å²) in [7, 11) is 4.01. The number of halogens is 3. The van der Waals surface area contributed by atoms with Crippen LogP contribution in [0.25, 0.3) is 0 Å². The fraction of sp³-hybridized carbons (Fsp3) is 0.667. The van der Waals surface area contributed by atoms with Gasteiger partial charge in [0.15, 0.2) is 0 Å². The number of hydrogen-bond donors (Lipinski definition) is 1. The highest BCUT2D eigenvalue weighted by Gasteiger charge is 2.31. The van der Waals surface area contributed by atoms with Crippen molar-refractivity contribution in [3.05, 3.63) is 35.4 Å². The van der Waals surface area contributed by atoms with Crippen molar-refractivity contribution < 1.29 is 13.2 Å². The predicted molar refractivity (Wildman–Crippen MR) is 87.6 cm³/mol. The number of rotatable bonds is 6. The van der Waals surface area contributed by atoms with E-state index in [4.69, 9.17) is 0 Å². The maximum absolute atomic E-state index is 13.0. The molecule has 0 amide bonds. The van der Waals surface area contributed by atoms with Crippen molar-refractivity contribution in [2.75, 3.05) is 33.7 Å². The minimum Gasteiger partial charge on any atom is -0.320 e. The first kappa shape index (κ1) is 18.3. The summed E-state index contributed by atoms with van der Waals surface area (Å²) in [6.45, 7) is 3.01. The largest absolute Gasteiger partial charge is 0.416 e. The molecule has 2 rings (SSSR count). The van der Waals surface area contributed by atoms with Crippen molar-refractivity contribution in [2.24, 2.45) is 5.92 Å². The Balaban J connectivity index is 2.11. The van der Waals surface area contributed by atoms with Gasteiger partial charge in [-0.15, -0.1) is 0 Å². The Bertz CT molecular complexity index is 479. The molecule has 5 heteroatoms. The Labute approximate surface area is 137 Å². The Kier molecular flexibility index (Phi) is 6.48. The van der Waals surface area contributed by atoms with Gasteiger partial charge in [-0.3, -0.25) is 0 Å². The molecule has 0 saturated carbocycles. The second kappa shape index (κ2) is 8.15. The molecule has 1 aliphatic rings. The summed E-state index contributed by atoms with van der Waals surface area (Å²) in [5.41, 5.74) is 0.293. The first-order chi connectivity index (χ1) is 10.9. The summed E-state index contributed by atoms with van der Waals surface area (Å²) in [6, 6.07) is 5.90. The fourth-order valence-electron chi connectivity index (χ4n) is 3.41. The van der Waals surface area contributed by atoms with Gasteiger partial charge in [-0.25, -0.2) is 0 Å². The van der Waals surface area contributed by atoms with Crippen molar-refractivity contribution in [3.8, 4) is 0 Å². The highest BCUT2D eigenvalue weighted by atomic mass is 19.4. The highest BCUT2D eigenvalue weighted by Crippen LogP contribution is 2.35. The molecule has 1 N–H and O–H groups in total. The molecule has 1 atom stereocenters. The fourth-order valence-corrected chi connectivity index (χ4v) is 3.41. The number of hydrogen-bond acceptors (Lipinski definition) is 2. The number of alkyl halides is 3. The van der Waals surface area contributed by atoms with Crippen molar-refractivity contribution in [1.29, 1.82) is 0 Å². The van der Waals surface area contributed by atoms with Gasteiger partial charge >= 0.3 is 6.18 Å². The van der Waals surface area contributed by atoms with Gasteiger partial charge in [0.2, 0.25) is 0 Å². The lowest BCUT2D eigenvalue weighted by molar-refractivity contribution is -0.137. The second-order valence-electron chi connectivity index (χ2n) is 6.69. The standard InChI is InChI=1S/C18H27F3N2/c1-22-9-6-16(12-14-7-10-23(2)11-8-14)15-4-3-5-17(13-15)18(19,20)21/h3-5,13-14,16,22H,6-12H2,1-2H3. The third-order valence-corrected chi connectivity index (χ3v) is 4.88. The van der Waals surface area contributed by atoms with Crippen LogP contribution in [-0.2, 0) is 6.18 Å². The van der Waals surface area contributed by atoms with Gasteiger partial charge in [-0.05, 0) is 82.9 Å². The zero-order valence-electron chi connectivity index (χ0n) is 14.0. The van der Waals surface area contributed by atoms with E-state index in [9.17, 15) is 13.2 Å². The normalized spacial score (nSPS) is 19.0. The highest BCUT2D eigenvalue weighted by molar-refractivity contribution is 5.28. The quantitative estimate of drug-likeness (QED) is 0.845. The molecule has 0 spiro atoms. The van der Waals surface area contributed by atoms with E-state index in [1.807, 2.05) is 13.1 Å². The summed E-state index contributed by atoms with van der Waals surface area (Å²) in [6.07, 6.45) is -0.116. The number of benzene rings is 1. The lowest BCUT2D eigenvalue weighted by atomic mass is 9.82. The molecular formula is C18H27F3N2. The van der Waals surface area contributed by atoms with Gasteiger partial charge in [0, 0.05) is 0 Å². The van der Waals surface area contributed by atoms with Crippen LogP contribution in [0.15, 0.2) is 24.3 Å². The Morgan fingerprint density at radius 3 is 2.57 bits per heavy atom. The third kappa shape index (κ3) is 5.50. The van der Waals surface area contributed by atoms with Crippen LogP contribution in [0.4, 0.5) is 13.2 Å². The first-order valence-electron chi connectivity index (χ1n) is 8.40. The summed E-state index contributed by atoms with van der Waals surface area (Å²) in [5, 5.41) is 3.13. The molecule has 130 valence electrons. The van der Waals surface area contributed by atoms with Gasteiger partial charge in [-0.2, -0.15) is 13.2 Å². The first-order valence-corrected chi connectivity index (χ1v) is 8.40. The summed E-state index contributed by atoms with van der Waals surface area (Å²) in [4.78, 5) is 2.32. The average molecular weight is 328 g/mol. The van der Waals surface area contributed by atoms with Crippen LogP contribution in [0.2, 0.25) is 0 Å². The molecule has 1 saturated heterocycles. The van der Waals surface area contributed by atoms with Gasteiger partial charge in [-0.1, -0.05) is 18.2 Å². The topological polar surface area (TPSA) is 15.3 Å². The minimum atomic E-state index is -4.27. The van der Waals surface area contributed by atoms with E-state index in [2.05, 4.69) is 17.3 Å². The van der Waals surface area contributed by atoms with Crippen molar-refractivity contribution in [1.82, 2.24) is 10.2 Å². The van der Waals surface area contributed by atoms with E-state index in [1.165, 1.54) is 6.07 Å². The summed E-state index contributed by atoms with van der Waals surface area (Å²) in [5.74, 6) is 0.806. The van der Waals surface area contributed by atoms with E-state index >= 15 is 0 Å². The van der Waals surface area contributed by atoms with E-state index in [0.717, 1.165) is 56.9 Å². The molecule has 1 aliphatic heterocycles. The maximum atomic E-state index is 13.0. The Morgan fingerprint density at radius 2 is 1.96 bits per heavy atom. The second-order valence-corrected chi connectivity index (χ2v) is 6.69. The molecule has 0 radical (unpaired) electrons. The molecule has 1 aromatic rings. The zero-order chi connectivity index (χ0) is 16.9. The zero-order valence-corrected chi connectivity index (χ0v) is 14.0. The van der Waals surface area contributed by atoms with E-state index in [0.29, 0.717) is 5.92 Å². The Morgan fingerprint density at radius 1 is 1.26 bits per heavy atom. The SMILES string of the molecule is CNCCC(CC1CCN(C)CC1)c1cccc(C(F)(F)F)c1. The Hall–Kier alpha value is -1.07. The smallest absolute Gasteiger partial charge is 0.320 e. The van der Waals surface area contributed by atoms with Crippen molar-refractivity contribution in [2.45, 2.75) is 37.8 Å². The molecule has 1 fully saturated rings. The van der Waals surface area contributed by atoms with Crippen LogP contribution < -0.4 is 5.32 Å². The van der Waals surface area contributed by atoms with Gasteiger partial charge < -0.3 is 10.2 Å².